The molecule has 0 radical (unpaired) electrons. The van der Waals surface area contributed by atoms with Crippen molar-refractivity contribution in [1.29, 1.82) is 0 Å². The number of thioether (sulfide) groups is 1. The van der Waals surface area contributed by atoms with Crippen LogP contribution in [0.3, 0.4) is 0 Å². The molecule has 4 rings (SSSR count). The van der Waals surface area contributed by atoms with E-state index in [2.05, 4.69) is 15.3 Å². The second kappa shape index (κ2) is 7.75. The summed E-state index contributed by atoms with van der Waals surface area (Å²) in [5, 5.41) is 2.78. The first-order chi connectivity index (χ1) is 13.9. The van der Waals surface area contributed by atoms with E-state index in [-0.39, 0.29) is 34.3 Å². The van der Waals surface area contributed by atoms with Gasteiger partial charge < -0.3 is 10.3 Å². The van der Waals surface area contributed by atoms with Crippen LogP contribution in [0.5, 0.6) is 0 Å². The van der Waals surface area contributed by atoms with Crippen LogP contribution in [0.25, 0.3) is 0 Å². The van der Waals surface area contributed by atoms with Crippen LogP contribution < -0.4 is 10.9 Å². The topological polar surface area (TPSA) is 74.8 Å². The molecule has 0 saturated heterocycles. The fourth-order valence-corrected chi connectivity index (χ4v) is 4.02. The number of hydrogen-bond donors (Lipinski definition) is 2. The van der Waals surface area contributed by atoms with Crippen LogP contribution in [0, 0.1) is 17.5 Å². The van der Waals surface area contributed by atoms with Gasteiger partial charge in [0.25, 0.3) is 5.56 Å². The van der Waals surface area contributed by atoms with Gasteiger partial charge in [-0.05, 0) is 41.5 Å². The summed E-state index contributed by atoms with van der Waals surface area (Å²) in [5.41, 5.74) is 0.297. The lowest BCUT2D eigenvalue weighted by Gasteiger charge is -2.24. The fraction of sp³-hybridized carbons (Fsp3) is 0.150. The Bertz CT molecular complexity index is 1150. The average Bonchev–Trinajstić information content (AvgIpc) is 2.68. The van der Waals surface area contributed by atoms with Crippen molar-refractivity contribution in [3.63, 3.8) is 0 Å². The van der Waals surface area contributed by atoms with Gasteiger partial charge in [-0.3, -0.25) is 9.59 Å². The van der Waals surface area contributed by atoms with Crippen LogP contribution in [0.4, 0.5) is 19.0 Å². The Kier molecular flexibility index (Phi) is 5.14. The first-order valence-corrected chi connectivity index (χ1v) is 9.65. The van der Waals surface area contributed by atoms with E-state index >= 15 is 0 Å². The zero-order chi connectivity index (χ0) is 20.5. The highest BCUT2D eigenvalue weighted by molar-refractivity contribution is 7.98. The van der Waals surface area contributed by atoms with Crippen molar-refractivity contribution in [3.8, 4) is 0 Å². The molecule has 0 spiro atoms. The third-order valence-corrected chi connectivity index (χ3v) is 5.50. The van der Waals surface area contributed by atoms with Crippen molar-refractivity contribution in [2.45, 2.75) is 23.2 Å². The van der Waals surface area contributed by atoms with Crippen LogP contribution in [-0.2, 0) is 10.5 Å². The Morgan fingerprint density at radius 2 is 1.76 bits per heavy atom. The highest BCUT2D eigenvalue weighted by Crippen LogP contribution is 2.36. The zero-order valence-corrected chi connectivity index (χ0v) is 15.7. The molecule has 2 heterocycles. The highest BCUT2D eigenvalue weighted by Gasteiger charge is 2.32. The minimum Gasteiger partial charge on any atom is -0.310 e. The summed E-state index contributed by atoms with van der Waals surface area (Å²) in [6.45, 7) is 0. The van der Waals surface area contributed by atoms with Gasteiger partial charge in [-0.25, -0.2) is 18.2 Å². The van der Waals surface area contributed by atoms with Crippen LogP contribution in [0.2, 0.25) is 0 Å². The van der Waals surface area contributed by atoms with Crippen molar-refractivity contribution in [3.05, 3.63) is 87.0 Å². The standard InChI is InChI=1S/C20H14F3N3O2S/c21-11-3-1-10(2-4-11)9-29-20-25-18-17(19(28)26-20)14(8-16(27)24-18)13-7-12(22)5-6-15(13)23/h1-7,14H,8-9H2,(H2,24,25,26,27,28)/t14-/m0/s1. The molecule has 0 unspecified atom stereocenters. The minimum absolute atomic E-state index is 0.0280. The molecule has 0 saturated carbocycles. The summed E-state index contributed by atoms with van der Waals surface area (Å²) in [5.74, 6) is -2.66. The van der Waals surface area contributed by atoms with Gasteiger partial charge in [0.05, 0.1) is 5.56 Å². The molecular formula is C20H14F3N3O2S. The summed E-state index contributed by atoms with van der Waals surface area (Å²) in [6.07, 6.45) is -0.194. The van der Waals surface area contributed by atoms with E-state index < -0.39 is 29.0 Å². The van der Waals surface area contributed by atoms with E-state index in [0.717, 1.165) is 23.8 Å². The predicted octanol–water partition coefficient (Wildman–Crippen LogP) is 3.95. The molecule has 2 aromatic carbocycles. The maximum atomic E-state index is 14.3. The van der Waals surface area contributed by atoms with Crippen molar-refractivity contribution in [2.24, 2.45) is 0 Å². The largest absolute Gasteiger partial charge is 0.310 e. The Balaban J connectivity index is 1.67. The number of hydrogen-bond acceptors (Lipinski definition) is 4. The van der Waals surface area contributed by atoms with Gasteiger partial charge in [-0.1, -0.05) is 23.9 Å². The molecule has 1 amide bonds. The van der Waals surface area contributed by atoms with Crippen LogP contribution >= 0.6 is 11.8 Å². The van der Waals surface area contributed by atoms with E-state index in [9.17, 15) is 22.8 Å². The molecule has 2 N–H and O–H groups in total. The summed E-state index contributed by atoms with van der Waals surface area (Å²) in [7, 11) is 0. The molecule has 0 bridgehead atoms. The smallest absolute Gasteiger partial charge is 0.257 e. The number of H-pyrrole nitrogens is 1. The number of aromatic nitrogens is 2. The lowest BCUT2D eigenvalue weighted by molar-refractivity contribution is -0.116. The molecule has 1 atom stereocenters. The number of halogens is 3. The number of carbonyl (C=O) groups is 1. The lowest BCUT2D eigenvalue weighted by atomic mass is 9.86. The normalized spacial score (nSPS) is 15.7. The number of fused-ring (bicyclic) bond motifs is 1. The minimum atomic E-state index is -0.943. The molecule has 5 nitrogen and oxygen atoms in total. The fourth-order valence-electron chi connectivity index (χ4n) is 3.20. The van der Waals surface area contributed by atoms with Gasteiger partial charge in [0.15, 0.2) is 5.16 Å². The Hall–Kier alpha value is -3.07. The number of amides is 1. The van der Waals surface area contributed by atoms with Crippen molar-refractivity contribution in [1.82, 2.24) is 9.97 Å². The number of aromatic amines is 1. The maximum absolute atomic E-state index is 14.3. The highest BCUT2D eigenvalue weighted by atomic mass is 32.2. The molecule has 3 aromatic rings. The van der Waals surface area contributed by atoms with Gasteiger partial charge in [-0.15, -0.1) is 0 Å². The van der Waals surface area contributed by atoms with E-state index in [1.54, 1.807) is 12.1 Å². The summed E-state index contributed by atoms with van der Waals surface area (Å²) in [4.78, 5) is 31.7. The first-order valence-electron chi connectivity index (χ1n) is 8.67. The second-order valence-electron chi connectivity index (χ2n) is 6.52. The lowest BCUT2D eigenvalue weighted by Crippen LogP contribution is -2.31. The van der Waals surface area contributed by atoms with E-state index in [4.69, 9.17) is 0 Å². The summed E-state index contributed by atoms with van der Waals surface area (Å²) >= 11 is 1.20. The molecule has 0 fully saturated rings. The summed E-state index contributed by atoms with van der Waals surface area (Å²) in [6, 6.07) is 8.81. The first kappa shape index (κ1) is 19.3. The van der Waals surface area contributed by atoms with Crippen LogP contribution in [-0.4, -0.2) is 15.9 Å². The van der Waals surface area contributed by atoms with E-state index in [1.165, 1.54) is 23.9 Å². The maximum Gasteiger partial charge on any atom is 0.257 e. The third kappa shape index (κ3) is 4.04. The Morgan fingerprint density at radius 1 is 1.03 bits per heavy atom. The molecule has 1 aliphatic rings. The van der Waals surface area contributed by atoms with E-state index in [0.29, 0.717) is 5.75 Å². The van der Waals surface area contributed by atoms with Crippen LogP contribution in [0.15, 0.2) is 52.4 Å². The van der Waals surface area contributed by atoms with Crippen molar-refractivity contribution < 1.29 is 18.0 Å². The van der Waals surface area contributed by atoms with Gasteiger partial charge >= 0.3 is 0 Å². The molecule has 148 valence electrons. The molecule has 29 heavy (non-hydrogen) atoms. The van der Waals surface area contributed by atoms with Crippen molar-refractivity contribution >= 4 is 23.5 Å². The monoisotopic (exact) mass is 417 g/mol. The number of nitrogens with one attached hydrogen (secondary N) is 2. The number of rotatable bonds is 4. The number of benzene rings is 2. The Labute approximate surface area is 167 Å². The molecule has 1 aliphatic heterocycles. The predicted molar refractivity (Wildman–Crippen MR) is 102 cm³/mol. The number of carbonyl (C=O) groups excluding carboxylic acids is 1. The van der Waals surface area contributed by atoms with Gasteiger partial charge in [0.2, 0.25) is 5.91 Å². The number of anilines is 1. The molecular weight excluding hydrogens is 403 g/mol. The van der Waals surface area contributed by atoms with Gasteiger partial charge in [-0.2, -0.15) is 0 Å². The molecule has 9 heteroatoms. The summed E-state index contributed by atoms with van der Waals surface area (Å²) < 4.78 is 40.9. The second-order valence-corrected chi connectivity index (χ2v) is 7.48. The SMILES string of the molecule is O=C1C[C@@H](c2cc(F)ccc2F)c2c(nc(SCc3ccc(F)cc3)[nH]c2=O)N1. The quantitative estimate of drug-likeness (QED) is 0.498. The van der Waals surface area contributed by atoms with Gasteiger partial charge in [0, 0.05) is 18.1 Å². The third-order valence-electron chi connectivity index (χ3n) is 4.55. The molecule has 1 aromatic heterocycles. The Morgan fingerprint density at radius 3 is 2.52 bits per heavy atom. The molecule has 0 aliphatic carbocycles. The van der Waals surface area contributed by atoms with Crippen LogP contribution in [0.1, 0.15) is 29.0 Å². The number of nitrogens with zero attached hydrogens (tertiary/aromatic N) is 1. The average molecular weight is 417 g/mol. The van der Waals surface area contributed by atoms with Crippen molar-refractivity contribution in [2.75, 3.05) is 5.32 Å². The van der Waals surface area contributed by atoms with E-state index in [1.807, 2.05) is 0 Å². The van der Waals surface area contributed by atoms with Gasteiger partial charge in [0.1, 0.15) is 23.3 Å². The zero-order valence-electron chi connectivity index (χ0n) is 14.8.